The van der Waals surface area contributed by atoms with Crippen LogP contribution in [0.2, 0.25) is 0 Å². The summed E-state index contributed by atoms with van der Waals surface area (Å²) >= 11 is 0. The van der Waals surface area contributed by atoms with Crippen molar-refractivity contribution in [1.29, 1.82) is 0 Å². The van der Waals surface area contributed by atoms with E-state index in [4.69, 9.17) is 9.47 Å². The number of nitrogens with one attached hydrogen (secondary N) is 1. The van der Waals surface area contributed by atoms with E-state index >= 15 is 0 Å². The minimum absolute atomic E-state index is 0.0412. The van der Waals surface area contributed by atoms with Crippen LogP contribution in [0.1, 0.15) is 17.5 Å². The normalized spacial score (nSPS) is 14.7. The molecule has 11 heteroatoms. The van der Waals surface area contributed by atoms with Crippen molar-refractivity contribution < 1.29 is 27.6 Å². The van der Waals surface area contributed by atoms with Crippen LogP contribution >= 0.6 is 0 Å². The average molecular weight is 464 g/mol. The Morgan fingerprint density at radius 2 is 1.97 bits per heavy atom. The molecule has 10 nitrogen and oxygen atoms in total. The van der Waals surface area contributed by atoms with E-state index in [2.05, 4.69) is 5.32 Å². The highest BCUT2D eigenvalue weighted by Crippen LogP contribution is 2.27. The number of aryl methyl sites for hydroxylation is 1. The first-order valence-corrected chi connectivity index (χ1v) is 11.5. The molecule has 1 amide bonds. The molecule has 1 saturated heterocycles. The number of nitro groups is 1. The Labute approximate surface area is 186 Å². The number of sulfonamides is 1. The van der Waals surface area contributed by atoms with E-state index in [9.17, 15) is 23.3 Å². The van der Waals surface area contributed by atoms with Gasteiger partial charge in [0.25, 0.3) is 5.69 Å². The Kier molecular flexibility index (Phi) is 7.44. The molecule has 0 saturated carbocycles. The maximum atomic E-state index is 12.9. The smallest absolute Gasteiger partial charge is 0.274 e. The second-order valence-electron chi connectivity index (χ2n) is 7.25. The van der Waals surface area contributed by atoms with Gasteiger partial charge in [0.05, 0.1) is 41.4 Å². The highest BCUT2D eigenvalue weighted by Gasteiger charge is 2.27. The molecule has 0 bridgehead atoms. The topological polar surface area (TPSA) is 128 Å². The van der Waals surface area contributed by atoms with Crippen molar-refractivity contribution >= 4 is 27.3 Å². The fourth-order valence-corrected chi connectivity index (χ4v) is 4.92. The zero-order chi connectivity index (χ0) is 23.3. The molecule has 2 aromatic rings. The fraction of sp³-hybridized carbons (Fsp3) is 0.381. The van der Waals surface area contributed by atoms with E-state index in [0.29, 0.717) is 35.8 Å². The molecule has 0 spiro atoms. The van der Waals surface area contributed by atoms with Crippen molar-refractivity contribution in [2.24, 2.45) is 0 Å². The van der Waals surface area contributed by atoms with Crippen molar-refractivity contribution in [1.82, 2.24) is 4.31 Å². The predicted octanol–water partition coefficient (Wildman–Crippen LogP) is 2.50. The zero-order valence-electron chi connectivity index (χ0n) is 17.9. The fourth-order valence-electron chi connectivity index (χ4n) is 3.46. The van der Waals surface area contributed by atoms with Gasteiger partial charge >= 0.3 is 0 Å². The van der Waals surface area contributed by atoms with Crippen molar-refractivity contribution in [3.05, 3.63) is 57.6 Å². The van der Waals surface area contributed by atoms with E-state index in [1.54, 1.807) is 19.1 Å². The second-order valence-corrected chi connectivity index (χ2v) is 9.18. The summed E-state index contributed by atoms with van der Waals surface area (Å²) in [6.07, 6.45) is 0.273. The van der Waals surface area contributed by atoms with Gasteiger partial charge in [-0.25, -0.2) is 8.42 Å². The Morgan fingerprint density at radius 3 is 2.62 bits per heavy atom. The number of benzene rings is 2. The first-order valence-electron chi connectivity index (χ1n) is 10.0. The lowest BCUT2D eigenvalue weighted by Crippen LogP contribution is -2.40. The first kappa shape index (κ1) is 23.6. The van der Waals surface area contributed by atoms with Gasteiger partial charge in [-0.15, -0.1) is 0 Å². The number of nitro benzene ring substituents is 1. The summed E-state index contributed by atoms with van der Waals surface area (Å²) in [6, 6.07) is 9.05. The number of rotatable bonds is 8. The molecule has 2 aromatic carbocycles. The molecular weight excluding hydrogens is 438 g/mol. The average Bonchev–Trinajstić information content (AvgIpc) is 2.79. The Bertz CT molecular complexity index is 1110. The van der Waals surface area contributed by atoms with Crippen LogP contribution in [0.5, 0.6) is 5.75 Å². The van der Waals surface area contributed by atoms with Gasteiger partial charge in [-0.3, -0.25) is 14.9 Å². The third kappa shape index (κ3) is 5.23. The van der Waals surface area contributed by atoms with Crippen LogP contribution in [0.25, 0.3) is 0 Å². The summed E-state index contributed by atoms with van der Waals surface area (Å²) in [5.41, 5.74) is 1.22. The molecule has 32 heavy (non-hydrogen) atoms. The standard InChI is InChI=1S/C21H25N3O7S/c1-15-18(4-3-5-19(15)24(26)27)22-21(25)9-6-16-14-17(7-8-20(16)30-2)32(28,29)23-10-12-31-13-11-23/h3-5,7-8,14H,6,9-13H2,1-2H3,(H,22,25). The molecule has 1 N–H and O–H groups in total. The molecule has 1 aliphatic heterocycles. The van der Waals surface area contributed by atoms with Crippen molar-refractivity contribution in [3.63, 3.8) is 0 Å². The number of morpholine rings is 1. The van der Waals surface area contributed by atoms with Crippen LogP contribution in [0.3, 0.4) is 0 Å². The number of hydrogen-bond donors (Lipinski definition) is 1. The van der Waals surface area contributed by atoms with Crippen molar-refractivity contribution in [2.75, 3.05) is 38.7 Å². The number of hydrogen-bond acceptors (Lipinski definition) is 7. The molecule has 0 unspecified atom stereocenters. The molecule has 0 atom stereocenters. The molecule has 3 rings (SSSR count). The van der Waals surface area contributed by atoms with E-state index in [1.807, 2.05) is 0 Å². The lowest BCUT2D eigenvalue weighted by molar-refractivity contribution is -0.385. The van der Waals surface area contributed by atoms with Gasteiger partial charge in [-0.2, -0.15) is 4.31 Å². The van der Waals surface area contributed by atoms with Gasteiger partial charge in [0.15, 0.2) is 0 Å². The molecule has 1 aliphatic rings. The van der Waals surface area contributed by atoms with Gasteiger partial charge in [0.2, 0.25) is 15.9 Å². The van der Waals surface area contributed by atoms with E-state index in [-0.39, 0.29) is 42.4 Å². The third-order valence-electron chi connectivity index (χ3n) is 5.26. The number of anilines is 1. The minimum atomic E-state index is -3.68. The number of carbonyl (C=O) groups is 1. The third-order valence-corrected chi connectivity index (χ3v) is 7.15. The minimum Gasteiger partial charge on any atom is -0.496 e. The Morgan fingerprint density at radius 1 is 1.25 bits per heavy atom. The van der Waals surface area contributed by atoms with Crippen molar-refractivity contribution in [3.8, 4) is 5.75 Å². The zero-order valence-corrected chi connectivity index (χ0v) is 18.7. The van der Waals surface area contributed by atoms with Gasteiger partial charge in [0.1, 0.15) is 5.75 Å². The van der Waals surface area contributed by atoms with Crippen LogP contribution in [0.4, 0.5) is 11.4 Å². The van der Waals surface area contributed by atoms with Crippen LogP contribution < -0.4 is 10.1 Å². The quantitative estimate of drug-likeness (QED) is 0.470. The summed E-state index contributed by atoms with van der Waals surface area (Å²) < 4.78 is 37.8. The first-order chi connectivity index (χ1) is 15.2. The largest absolute Gasteiger partial charge is 0.496 e. The van der Waals surface area contributed by atoms with Gasteiger partial charge in [-0.1, -0.05) is 6.07 Å². The number of nitrogens with zero attached hydrogens (tertiary/aromatic N) is 2. The second kappa shape index (κ2) is 10.1. The van der Waals surface area contributed by atoms with E-state index in [0.717, 1.165) is 0 Å². The lowest BCUT2D eigenvalue weighted by atomic mass is 10.1. The number of ether oxygens (including phenoxy) is 2. The van der Waals surface area contributed by atoms with Crippen LogP contribution in [-0.4, -0.2) is 57.0 Å². The van der Waals surface area contributed by atoms with Crippen LogP contribution in [0, 0.1) is 17.0 Å². The van der Waals surface area contributed by atoms with Crippen LogP contribution in [-0.2, 0) is 26.0 Å². The molecule has 1 heterocycles. The molecule has 172 valence electrons. The van der Waals surface area contributed by atoms with E-state index in [1.165, 1.54) is 35.7 Å². The van der Waals surface area contributed by atoms with Gasteiger partial charge in [-0.05, 0) is 43.2 Å². The molecule has 1 fully saturated rings. The Balaban J connectivity index is 1.74. The molecule has 0 aromatic heterocycles. The molecule has 0 aliphatic carbocycles. The van der Waals surface area contributed by atoms with Crippen molar-refractivity contribution in [2.45, 2.75) is 24.7 Å². The lowest BCUT2D eigenvalue weighted by Gasteiger charge is -2.26. The van der Waals surface area contributed by atoms with Crippen LogP contribution in [0.15, 0.2) is 41.3 Å². The summed E-state index contributed by atoms with van der Waals surface area (Å²) in [5, 5.41) is 13.8. The Hall–Kier alpha value is -3.02. The highest BCUT2D eigenvalue weighted by molar-refractivity contribution is 7.89. The number of methoxy groups -OCH3 is 1. The monoisotopic (exact) mass is 463 g/mol. The SMILES string of the molecule is COc1ccc(S(=O)(=O)N2CCOCC2)cc1CCC(=O)Nc1cccc([N+](=O)[O-])c1C. The summed E-state index contributed by atoms with van der Waals surface area (Å²) in [6.45, 7) is 2.83. The molecular formula is C21H25N3O7S. The maximum Gasteiger partial charge on any atom is 0.274 e. The van der Waals surface area contributed by atoms with E-state index < -0.39 is 14.9 Å². The highest BCUT2D eigenvalue weighted by atomic mass is 32.2. The summed E-state index contributed by atoms with van der Waals surface area (Å²) in [5.74, 6) is 0.127. The summed E-state index contributed by atoms with van der Waals surface area (Å²) in [7, 11) is -2.21. The summed E-state index contributed by atoms with van der Waals surface area (Å²) in [4.78, 5) is 23.2. The number of amides is 1. The predicted molar refractivity (Wildman–Crippen MR) is 117 cm³/mol. The molecule has 0 radical (unpaired) electrons. The number of carbonyl (C=O) groups excluding carboxylic acids is 1. The van der Waals surface area contributed by atoms with Gasteiger partial charge in [0, 0.05) is 25.6 Å². The van der Waals surface area contributed by atoms with Gasteiger partial charge < -0.3 is 14.8 Å². The maximum absolute atomic E-state index is 12.9.